The number of benzene rings is 1. The molecule has 2 heteroatoms. The smallest absolute Gasteiger partial charge is 0.122 e. The summed E-state index contributed by atoms with van der Waals surface area (Å²) in [4.78, 5) is 0. The highest BCUT2D eigenvalue weighted by Crippen LogP contribution is 2.36. The minimum absolute atomic E-state index is 0.344. The average molecular weight is 264 g/mol. The van der Waals surface area contributed by atoms with Crippen molar-refractivity contribution in [1.82, 2.24) is 0 Å². The van der Waals surface area contributed by atoms with Gasteiger partial charge in [-0.1, -0.05) is 39.0 Å². The minimum Gasteiger partial charge on any atom is -0.507 e. The summed E-state index contributed by atoms with van der Waals surface area (Å²) in [7, 11) is 0. The van der Waals surface area contributed by atoms with Crippen LogP contribution in [0.5, 0.6) is 11.5 Å². The number of phenolic OH excluding ortho intramolecular Hbond substituents is 2. The minimum atomic E-state index is 0.344. The number of hydrogen-bond acceptors (Lipinski definition) is 2. The fraction of sp³-hybridized carbons (Fsp3) is 0.647. The summed E-state index contributed by atoms with van der Waals surface area (Å²) in [5.74, 6) is 0.720. The van der Waals surface area contributed by atoms with E-state index in [9.17, 15) is 10.2 Å². The van der Waals surface area contributed by atoms with Gasteiger partial charge in [0, 0.05) is 5.56 Å². The summed E-state index contributed by atoms with van der Waals surface area (Å²) in [6, 6.07) is 0. The number of rotatable bonds is 7. The Balaban J connectivity index is 2.64. The van der Waals surface area contributed by atoms with Gasteiger partial charge in [-0.25, -0.2) is 0 Å². The van der Waals surface area contributed by atoms with Gasteiger partial charge in [0.15, 0.2) is 0 Å². The molecule has 0 bridgehead atoms. The van der Waals surface area contributed by atoms with E-state index in [0.717, 1.165) is 35.1 Å². The second-order valence-electron chi connectivity index (χ2n) is 5.57. The Kier molecular flexibility index (Phi) is 6.20. The van der Waals surface area contributed by atoms with Crippen molar-refractivity contribution in [1.29, 1.82) is 0 Å². The van der Waals surface area contributed by atoms with Gasteiger partial charge in [-0.05, 0) is 50.3 Å². The molecule has 0 heterocycles. The number of unbranched alkanes of at least 4 members (excludes halogenated alkanes) is 5. The molecule has 19 heavy (non-hydrogen) atoms. The number of aromatic hydroxyl groups is 2. The van der Waals surface area contributed by atoms with Crippen molar-refractivity contribution in [2.45, 2.75) is 72.6 Å². The van der Waals surface area contributed by atoms with Crippen LogP contribution in [0.3, 0.4) is 0 Å². The first-order chi connectivity index (χ1) is 9.00. The molecule has 0 spiro atoms. The highest BCUT2D eigenvalue weighted by Gasteiger charge is 2.15. The normalized spacial score (nSPS) is 10.9. The molecular formula is C17H28O2. The second kappa shape index (κ2) is 7.42. The topological polar surface area (TPSA) is 40.5 Å². The first kappa shape index (κ1) is 15.9. The zero-order valence-corrected chi connectivity index (χ0v) is 12.8. The zero-order valence-electron chi connectivity index (χ0n) is 12.8. The van der Waals surface area contributed by atoms with E-state index in [1.165, 1.54) is 32.1 Å². The van der Waals surface area contributed by atoms with E-state index in [1.807, 2.05) is 20.8 Å². The van der Waals surface area contributed by atoms with E-state index in [0.29, 0.717) is 11.5 Å². The first-order valence-corrected chi connectivity index (χ1v) is 7.51. The maximum atomic E-state index is 10.2. The Hall–Kier alpha value is -1.18. The highest BCUT2D eigenvalue weighted by molar-refractivity contribution is 5.56. The summed E-state index contributed by atoms with van der Waals surface area (Å²) in [5.41, 5.74) is 3.37. The first-order valence-electron chi connectivity index (χ1n) is 7.51. The molecule has 0 saturated carbocycles. The molecule has 0 aliphatic rings. The standard InChI is InChI=1S/C17H28O2/c1-5-6-7-8-9-10-11-15-14(4)16(18)12(2)13(3)17(15)19/h18-19H,5-11H2,1-4H3. The van der Waals surface area contributed by atoms with Crippen LogP contribution in [0.2, 0.25) is 0 Å². The van der Waals surface area contributed by atoms with Crippen LogP contribution in [-0.4, -0.2) is 10.2 Å². The molecule has 2 N–H and O–H groups in total. The Morgan fingerprint density at radius 1 is 0.684 bits per heavy atom. The van der Waals surface area contributed by atoms with Crippen LogP contribution in [0, 0.1) is 20.8 Å². The fourth-order valence-electron chi connectivity index (χ4n) is 2.57. The Morgan fingerprint density at radius 2 is 1.21 bits per heavy atom. The lowest BCUT2D eigenvalue weighted by Crippen LogP contribution is -1.97. The lowest BCUT2D eigenvalue weighted by molar-refractivity contribution is 0.441. The Labute approximate surface area is 117 Å². The van der Waals surface area contributed by atoms with Crippen LogP contribution in [0.15, 0.2) is 0 Å². The predicted molar refractivity (Wildman–Crippen MR) is 81.1 cm³/mol. The van der Waals surface area contributed by atoms with Crippen molar-refractivity contribution >= 4 is 0 Å². The van der Waals surface area contributed by atoms with Crippen molar-refractivity contribution in [3.8, 4) is 11.5 Å². The molecule has 0 atom stereocenters. The third-order valence-electron chi connectivity index (χ3n) is 4.15. The predicted octanol–water partition coefficient (Wildman–Crippen LogP) is 4.93. The molecule has 0 saturated heterocycles. The van der Waals surface area contributed by atoms with Gasteiger partial charge >= 0.3 is 0 Å². The average Bonchev–Trinajstić information content (AvgIpc) is 2.41. The lowest BCUT2D eigenvalue weighted by atomic mass is 9.94. The van der Waals surface area contributed by atoms with E-state index in [-0.39, 0.29) is 0 Å². The van der Waals surface area contributed by atoms with Gasteiger partial charge in [0.05, 0.1) is 0 Å². The summed E-state index contributed by atoms with van der Waals surface area (Å²) >= 11 is 0. The van der Waals surface area contributed by atoms with Crippen LogP contribution in [-0.2, 0) is 6.42 Å². The van der Waals surface area contributed by atoms with Gasteiger partial charge in [-0.15, -0.1) is 0 Å². The number of phenols is 2. The van der Waals surface area contributed by atoms with Gasteiger partial charge in [-0.2, -0.15) is 0 Å². The number of hydrogen-bond donors (Lipinski definition) is 2. The van der Waals surface area contributed by atoms with Crippen molar-refractivity contribution in [3.63, 3.8) is 0 Å². The van der Waals surface area contributed by atoms with Crippen LogP contribution in [0.4, 0.5) is 0 Å². The zero-order chi connectivity index (χ0) is 14.4. The molecule has 0 unspecified atom stereocenters. The van der Waals surface area contributed by atoms with E-state index in [2.05, 4.69) is 6.92 Å². The van der Waals surface area contributed by atoms with Crippen LogP contribution < -0.4 is 0 Å². The molecule has 0 aliphatic carbocycles. The van der Waals surface area contributed by atoms with Crippen molar-refractivity contribution in [2.24, 2.45) is 0 Å². The molecule has 2 nitrogen and oxygen atoms in total. The van der Waals surface area contributed by atoms with Crippen LogP contribution in [0.25, 0.3) is 0 Å². The van der Waals surface area contributed by atoms with Crippen LogP contribution in [0.1, 0.15) is 67.7 Å². The molecule has 0 aliphatic heterocycles. The molecule has 1 aromatic carbocycles. The van der Waals surface area contributed by atoms with Gasteiger partial charge in [0.25, 0.3) is 0 Å². The Bertz CT molecular complexity index is 393. The quantitative estimate of drug-likeness (QED) is 0.541. The van der Waals surface area contributed by atoms with E-state index >= 15 is 0 Å². The van der Waals surface area contributed by atoms with Gasteiger partial charge < -0.3 is 10.2 Å². The molecule has 1 aromatic rings. The largest absolute Gasteiger partial charge is 0.507 e. The SMILES string of the molecule is CCCCCCCCc1c(C)c(O)c(C)c(C)c1O. The van der Waals surface area contributed by atoms with E-state index < -0.39 is 0 Å². The molecular weight excluding hydrogens is 236 g/mol. The molecule has 0 fully saturated rings. The third kappa shape index (κ3) is 3.89. The van der Waals surface area contributed by atoms with Crippen LogP contribution >= 0.6 is 0 Å². The summed E-state index contributed by atoms with van der Waals surface area (Å²) < 4.78 is 0. The van der Waals surface area contributed by atoms with Gasteiger partial charge in [0.1, 0.15) is 11.5 Å². The van der Waals surface area contributed by atoms with E-state index in [1.54, 1.807) is 0 Å². The molecule has 0 radical (unpaired) electrons. The maximum absolute atomic E-state index is 10.2. The van der Waals surface area contributed by atoms with Crippen molar-refractivity contribution in [2.75, 3.05) is 0 Å². The summed E-state index contributed by atoms with van der Waals surface area (Å²) in [6.07, 6.45) is 8.30. The second-order valence-corrected chi connectivity index (χ2v) is 5.57. The van der Waals surface area contributed by atoms with Crippen molar-refractivity contribution < 1.29 is 10.2 Å². The monoisotopic (exact) mass is 264 g/mol. The molecule has 108 valence electrons. The summed E-state index contributed by atoms with van der Waals surface area (Å²) in [5, 5.41) is 20.3. The van der Waals surface area contributed by atoms with Gasteiger partial charge in [-0.3, -0.25) is 0 Å². The lowest BCUT2D eigenvalue weighted by Gasteiger charge is -2.15. The maximum Gasteiger partial charge on any atom is 0.122 e. The molecule has 1 rings (SSSR count). The van der Waals surface area contributed by atoms with Gasteiger partial charge in [0.2, 0.25) is 0 Å². The highest BCUT2D eigenvalue weighted by atomic mass is 16.3. The van der Waals surface area contributed by atoms with E-state index in [4.69, 9.17) is 0 Å². The molecule has 0 amide bonds. The summed E-state index contributed by atoms with van der Waals surface area (Å²) in [6.45, 7) is 7.84. The molecule has 0 aromatic heterocycles. The van der Waals surface area contributed by atoms with Crippen molar-refractivity contribution in [3.05, 3.63) is 22.3 Å². The Morgan fingerprint density at radius 3 is 1.84 bits per heavy atom. The fourth-order valence-corrected chi connectivity index (χ4v) is 2.57. The third-order valence-corrected chi connectivity index (χ3v) is 4.15.